The summed E-state index contributed by atoms with van der Waals surface area (Å²) >= 11 is 0. The summed E-state index contributed by atoms with van der Waals surface area (Å²) in [7, 11) is 0. The largest absolute Gasteiger partial charge is 0.382 e. The highest BCUT2D eigenvalue weighted by Gasteiger charge is 2.09. The van der Waals surface area contributed by atoms with Crippen LogP contribution in [0.2, 0.25) is 0 Å². The van der Waals surface area contributed by atoms with Crippen molar-refractivity contribution >= 4 is 11.8 Å². The van der Waals surface area contributed by atoms with Gasteiger partial charge in [0.05, 0.1) is 6.20 Å². The molecule has 1 amide bonds. The van der Waals surface area contributed by atoms with Gasteiger partial charge in [-0.05, 0) is 0 Å². The number of carbonyl (C=O) groups is 1. The molecule has 0 aliphatic rings. The number of amides is 1. The molecule has 6 heteroatoms. The van der Waals surface area contributed by atoms with Gasteiger partial charge >= 0.3 is 6.03 Å². The van der Waals surface area contributed by atoms with Crippen LogP contribution in [-0.2, 0) is 0 Å². The molecule has 11 heavy (non-hydrogen) atoms. The van der Waals surface area contributed by atoms with Crippen LogP contribution >= 0.6 is 0 Å². The summed E-state index contributed by atoms with van der Waals surface area (Å²) < 4.78 is 0.762. The highest BCUT2D eigenvalue weighted by molar-refractivity contribution is 5.78. The quantitative estimate of drug-likeness (QED) is 0.508. The molecule has 0 aliphatic carbocycles. The zero-order valence-electron chi connectivity index (χ0n) is 5.48. The summed E-state index contributed by atoms with van der Waals surface area (Å²) in [5, 5.41) is 11.9. The van der Waals surface area contributed by atoms with Crippen molar-refractivity contribution < 1.29 is 4.79 Å². The van der Waals surface area contributed by atoms with Crippen molar-refractivity contribution in [2.45, 2.75) is 0 Å². The SMILES string of the molecule is N#Cc1cnn(C(N)=O)c1N. The van der Waals surface area contributed by atoms with E-state index in [1.807, 2.05) is 0 Å². The lowest BCUT2D eigenvalue weighted by molar-refractivity contribution is 0.248. The zero-order chi connectivity index (χ0) is 8.43. The number of nitriles is 1. The van der Waals surface area contributed by atoms with E-state index in [2.05, 4.69) is 5.10 Å². The average molecular weight is 151 g/mol. The van der Waals surface area contributed by atoms with Crippen LogP contribution < -0.4 is 11.5 Å². The molecule has 6 nitrogen and oxygen atoms in total. The number of hydrogen-bond donors (Lipinski definition) is 2. The van der Waals surface area contributed by atoms with Crippen LogP contribution in [0.1, 0.15) is 5.56 Å². The fourth-order valence-electron chi connectivity index (χ4n) is 0.620. The Morgan fingerprint density at radius 3 is 2.73 bits per heavy atom. The van der Waals surface area contributed by atoms with Gasteiger partial charge in [0.15, 0.2) is 0 Å². The molecule has 1 aromatic heterocycles. The van der Waals surface area contributed by atoms with E-state index in [1.54, 1.807) is 6.07 Å². The first-order chi connectivity index (χ1) is 5.16. The van der Waals surface area contributed by atoms with E-state index in [0.29, 0.717) is 0 Å². The molecular formula is C5H5N5O. The van der Waals surface area contributed by atoms with Gasteiger partial charge in [-0.2, -0.15) is 15.0 Å². The fraction of sp³-hybridized carbons (Fsp3) is 0. The third kappa shape index (κ3) is 0.986. The molecule has 0 saturated heterocycles. The van der Waals surface area contributed by atoms with Gasteiger partial charge in [0.1, 0.15) is 17.5 Å². The van der Waals surface area contributed by atoms with Crippen LogP contribution in [0.15, 0.2) is 6.20 Å². The highest BCUT2D eigenvalue weighted by Crippen LogP contribution is 2.07. The highest BCUT2D eigenvalue weighted by atomic mass is 16.2. The average Bonchev–Trinajstić information content (AvgIpc) is 2.30. The van der Waals surface area contributed by atoms with E-state index in [9.17, 15) is 4.79 Å². The Kier molecular flexibility index (Phi) is 1.48. The molecule has 56 valence electrons. The number of nitrogen functional groups attached to an aromatic ring is 1. The second kappa shape index (κ2) is 2.30. The number of nitrogens with zero attached hydrogens (tertiary/aromatic N) is 3. The zero-order valence-corrected chi connectivity index (χ0v) is 5.48. The van der Waals surface area contributed by atoms with Crippen molar-refractivity contribution in [3.05, 3.63) is 11.8 Å². The Morgan fingerprint density at radius 1 is 1.82 bits per heavy atom. The topological polar surface area (TPSA) is 111 Å². The number of nitrogens with two attached hydrogens (primary N) is 2. The molecule has 4 N–H and O–H groups in total. The maximum atomic E-state index is 10.5. The fourth-order valence-corrected chi connectivity index (χ4v) is 0.620. The Balaban J connectivity index is 3.24. The normalized spacial score (nSPS) is 9.00. The molecule has 0 bridgehead atoms. The van der Waals surface area contributed by atoms with Crippen LogP contribution in [0, 0.1) is 11.3 Å². The number of aromatic nitrogens is 2. The monoisotopic (exact) mass is 151 g/mol. The molecule has 0 spiro atoms. The van der Waals surface area contributed by atoms with E-state index in [0.717, 1.165) is 4.68 Å². The smallest absolute Gasteiger partial charge is 0.341 e. The third-order valence-electron chi connectivity index (χ3n) is 1.14. The summed E-state index contributed by atoms with van der Waals surface area (Å²) in [6, 6.07) is 0.953. The van der Waals surface area contributed by atoms with Crippen LogP contribution in [0.3, 0.4) is 0 Å². The molecule has 0 aliphatic heterocycles. The van der Waals surface area contributed by atoms with Gasteiger partial charge in [0.2, 0.25) is 0 Å². The second-order valence-corrected chi connectivity index (χ2v) is 1.81. The van der Waals surface area contributed by atoms with Gasteiger partial charge in [-0.1, -0.05) is 0 Å². The minimum absolute atomic E-state index is 0.0278. The van der Waals surface area contributed by atoms with E-state index in [-0.39, 0.29) is 11.4 Å². The van der Waals surface area contributed by atoms with Crippen molar-refractivity contribution in [1.29, 1.82) is 5.26 Å². The summed E-state index contributed by atoms with van der Waals surface area (Å²) in [6.45, 7) is 0. The number of hydrogen-bond acceptors (Lipinski definition) is 4. The van der Waals surface area contributed by atoms with Crippen molar-refractivity contribution in [3.63, 3.8) is 0 Å². The molecule has 1 aromatic rings. The molecule has 0 radical (unpaired) electrons. The summed E-state index contributed by atoms with van der Waals surface area (Å²) in [4.78, 5) is 10.5. The number of primary amides is 1. The Morgan fingerprint density at radius 2 is 2.45 bits per heavy atom. The van der Waals surface area contributed by atoms with Gasteiger partial charge in [0.25, 0.3) is 0 Å². The van der Waals surface area contributed by atoms with Gasteiger partial charge in [-0.3, -0.25) is 0 Å². The summed E-state index contributed by atoms with van der Waals surface area (Å²) in [5.41, 5.74) is 10.3. The molecule has 1 rings (SSSR count). The van der Waals surface area contributed by atoms with Gasteiger partial charge < -0.3 is 11.5 Å². The lowest BCUT2D eigenvalue weighted by Crippen LogP contribution is -2.22. The van der Waals surface area contributed by atoms with Crippen LogP contribution in [-0.4, -0.2) is 15.8 Å². The Labute approximate surface area is 62.0 Å². The van der Waals surface area contributed by atoms with Gasteiger partial charge in [-0.15, -0.1) is 0 Å². The van der Waals surface area contributed by atoms with Crippen LogP contribution in [0.25, 0.3) is 0 Å². The summed E-state index contributed by atoms with van der Waals surface area (Å²) in [6.07, 6.45) is 1.18. The third-order valence-corrected chi connectivity index (χ3v) is 1.14. The number of anilines is 1. The van der Waals surface area contributed by atoms with Crippen molar-refractivity contribution in [1.82, 2.24) is 9.78 Å². The molecule has 1 heterocycles. The molecule has 0 saturated carbocycles. The van der Waals surface area contributed by atoms with Crippen molar-refractivity contribution in [3.8, 4) is 6.07 Å². The number of rotatable bonds is 0. The minimum atomic E-state index is -0.802. The predicted molar refractivity (Wildman–Crippen MR) is 36.3 cm³/mol. The van der Waals surface area contributed by atoms with Gasteiger partial charge in [0, 0.05) is 0 Å². The van der Waals surface area contributed by atoms with Crippen LogP contribution in [0.4, 0.5) is 10.6 Å². The van der Waals surface area contributed by atoms with E-state index < -0.39 is 6.03 Å². The van der Waals surface area contributed by atoms with E-state index in [1.165, 1.54) is 6.20 Å². The first-order valence-electron chi connectivity index (χ1n) is 2.70. The first kappa shape index (κ1) is 7.08. The maximum absolute atomic E-state index is 10.5. The van der Waals surface area contributed by atoms with Crippen molar-refractivity contribution in [2.24, 2.45) is 5.73 Å². The van der Waals surface area contributed by atoms with E-state index in [4.69, 9.17) is 16.7 Å². The second-order valence-electron chi connectivity index (χ2n) is 1.81. The van der Waals surface area contributed by atoms with Gasteiger partial charge in [-0.25, -0.2) is 4.79 Å². The maximum Gasteiger partial charge on any atom is 0.341 e. The minimum Gasteiger partial charge on any atom is -0.382 e. The van der Waals surface area contributed by atoms with E-state index >= 15 is 0 Å². The predicted octanol–water partition coefficient (Wildman–Crippen LogP) is -0.736. The molecule has 0 atom stereocenters. The molecule has 0 unspecified atom stereocenters. The molecule has 0 aromatic carbocycles. The Hall–Kier alpha value is -2.03. The lowest BCUT2D eigenvalue weighted by Gasteiger charge is -1.94. The number of carbonyl (C=O) groups excluding carboxylic acids is 1. The molecular weight excluding hydrogens is 146 g/mol. The first-order valence-corrected chi connectivity index (χ1v) is 2.70. The summed E-state index contributed by atoms with van der Waals surface area (Å²) in [5.74, 6) is -0.0278. The van der Waals surface area contributed by atoms with Crippen molar-refractivity contribution in [2.75, 3.05) is 5.73 Å². The standard InChI is InChI=1S/C5H5N5O/c6-1-3-2-9-10(4(3)7)5(8)11/h2H,7H2,(H2,8,11). The van der Waals surface area contributed by atoms with Crippen LogP contribution in [0.5, 0.6) is 0 Å². The Bertz CT molecular complexity index is 333. The lowest BCUT2D eigenvalue weighted by atomic mass is 10.4. The molecule has 0 fully saturated rings.